The lowest BCUT2D eigenvalue weighted by molar-refractivity contribution is 0.264. The first-order chi connectivity index (χ1) is 10.8. The van der Waals surface area contributed by atoms with Crippen LogP contribution in [-0.4, -0.2) is 34.7 Å². The van der Waals surface area contributed by atoms with Gasteiger partial charge in [-0.1, -0.05) is 35.1 Å². The molecule has 1 aromatic carbocycles. The lowest BCUT2D eigenvalue weighted by Gasteiger charge is -2.29. The maximum Gasteiger partial charge on any atom is 0.205 e. The summed E-state index contributed by atoms with van der Waals surface area (Å²) in [5.41, 5.74) is 2.69. The maximum absolute atomic E-state index is 6.26. The standard InChI is InChI=1S/C16H19ClN4S/c17-14-3-1-2-12-10-21(8-6-13(12)14)9-7-18-16-20-19-15(22-16)11-4-5-11/h1-3,11H,4-10H2,(H,18,20). The van der Waals surface area contributed by atoms with Crippen LogP contribution in [0.1, 0.15) is 34.9 Å². The van der Waals surface area contributed by atoms with Gasteiger partial charge in [-0.15, -0.1) is 10.2 Å². The molecular formula is C16H19ClN4S. The van der Waals surface area contributed by atoms with Gasteiger partial charge in [-0.3, -0.25) is 4.90 Å². The number of aromatic nitrogens is 2. The van der Waals surface area contributed by atoms with Crippen molar-refractivity contribution in [2.24, 2.45) is 0 Å². The van der Waals surface area contributed by atoms with Gasteiger partial charge in [-0.05, 0) is 36.5 Å². The second kappa shape index (κ2) is 6.14. The quantitative estimate of drug-likeness (QED) is 0.908. The number of hydrogen-bond donors (Lipinski definition) is 1. The molecule has 2 aliphatic rings. The molecule has 1 aliphatic heterocycles. The molecular weight excluding hydrogens is 316 g/mol. The zero-order valence-corrected chi connectivity index (χ0v) is 14.0. The molecule has 1 aliphatic carbocycles. The minimum Gasteiger partial charge on any atom is -0.359 e. The van der Waals surface area contributed by atoms with Crippen LogP contribution in [0.3, 0.4) is 0 Å². The molecule has 116 valence electrons. The highest BCUT2D eigenvalue weighted by molar-refractivity contribution is 7.15. The average molecular weight is 335 g/mol. The molecule has 0 atom stereocenters. The van der Waals surface area contributed by atoms with Crippen LogP contribution in [0.2, 0.25) is 5.02 Å². The molecule has 0 radical (unpaired) electrons. The van der Waals surface area contributed by atoms with Crippen LogP contribution in [0.4, 0.5) is 5.13 Å². The summed E-state index contributed by atoms with van der Waals surface area (Å²) in [6, 6.07) is 6.22. The number of hydrogen-bond acceptors (Lipinski definition) is 5. The van der Waals surface area contributed by atoms with E-state index in [9.17, 15) is 0 Å². The van der Waals surface area contributed by atoms with Crippen molar-refractivity contribution in [3.63, 3.8) is 0 Å². The van der Waals surface area contributed by atoms with E-state index in [1.165, 1.54) is 29.0 Å². The summed E-state index contributed by atoms with van der Waals surface area (Å²) >= 11 is 7.97. The SMILES string of the molecule is Clc1cccc2c1CCN(CCNc1nnc(C3CC3)s1)C2. The van der Waals surface area contributed by atoms with Crippen LogP contribution in [0.5, 0.6) is 0 Å². The number of benzene rings is 1. The topological polar surface area (TPSA) is 41.0 Å². The van der Waals surface area contributed by atoms with Crippen LogP contribution in [0, 0.1) is 0 Å². The normalized spacial score (nSPS) is 18.2. The van der Waals surface area contributed by atoms with E-state index in [1.54, 1.807) is 11.3 Å². The highest BCUT2D eigenvalue weighted by atomic mass is 35.5. The summed E-state index contributed by atoms with van der Waals surface area (Å²) in [4.78, 5) is 2.47. The number of rotatable bonds is 5. The van der Waals surface area contributed by atoms with Crippen LogP contribution < -0.4 is 5.32 Å². The molecule has 4 rings (SSSR count). The molecule has 0 unspecified atom stereocenters. The molecule has 2 heterocycles. The van der Waals surface area contributed by atoms with Gasteiger partial charge in [-0.25, -0.2) is 0 Å². The van der Waals surface area contributed by atoms with Crippen LogP contribution in [0.25, 0.3) is 0 Å². The highest BCUT2D eigenvalue weighted by Crippen LogP contribution is 2.42. The Morgan fingerprint density at radius 1 is 1.32 bits per heavy atom. The second-order valence-corrected chi connectivity index (χ2v) is 7.47. The highest BCUT2D eigenvalue weighted by Gasteiger charge is 2.27. The van der Waals surface area contributed by atoms with Crippen molar-refractivity contribution in [3.05, 3.63) is 39.4 Å². The third-order valence-corrected chi connectivity index (χ3v) is 5.76. The van der Waals surface area contributed by atoms with Crippen molar-refractivity contribution in [1.29, 1.82) is 0 Å². The van der Waals surface area contributed by atoms with Crippen molar-refractivity contribution in [3.8, 4) is 0 Å². The van der Waals surface area contributed by atoms with E-state index >= 15 is 0 Å². The number of nitrogens with zero attached hydrogens (tertiary/aromatic N) is 3. The molecule has 4 nitrogen and oxygen atoms in total. The molecule has 6 heteroatoms. The van der Waals surface area contributed by atoms with E-state index in [-0.39, 0.29) is 0 Å². The maximum atomic E-state index is 6.26. The summed E-state index contributed by atoms with van der Waals surface area (Å²) in [5, 5.41) is 15.0. The summed E-state index contributed by atoms with van der Waals surface area (Å²) in [6.45, 7) is 3.99. The first-order valence-corrected chi connectivity index (χ1v) is 9.05. The van der Waals surface area contributed by atoms with Gasteiger partial charge in [0.25, 0.3) is 0 Å². The molecule has 2 aromatic rings. The van der Waals surface area contributed by atoms with Crippen LogP contribution in [-0.2, 0) is 13.0 Å². The Labute approximate surface area is 139 Å². The Kier molecular flexibility index (Phi) is 4.03. The van der Waals surface area contributed by atoms with Crippen molar-refractivity contribution >= 4 is 28.1 Å². The monoisotopic (exact) mass is 334 g/mol. The first kappa shape index (κ1) is 14.4. The summed E-state index contributed by atoms with van der Waals surface area (Å²) in [6.07, 6.45) is 3.61. The smallest absolute Gasteiger partial charge is 0.205 e. The Bertz CT molecular complexity index is 668. The molecule has 1 N–H and O–H groups in total. The lowest BCUT2D eigenvalue weighted by Crippen LogP contribution is -2.34. The van der Waals surface area contributed by atoms with E-state index in [4.69, 9.17) is 11.6 Å². The summed E-state index contributed by atoms with van der Waals surface area (Å²) in [5.74, 6) is 0.691. The van der Waals surface area contributed by atoms with Gasteiger partial charge >= 0.3 is 0 Å². The molecule has 1 aromatic heterocycles. The van der Waals surface area contributed by atoms with Gasteiger partial charge in [0.05, 0.1) is 0 Å². The van der Waals surface area contributed by atoms with Gasteiger partial charge in [0.1, 0.15) is 5.01 Å². The van der Waals surface area contributed by atoms with Gasteiger partial charge in [0, 0.05) is 37.1 Å². The number of nitrogens with one attached hydrogen (secondary N) is 1. The largest absolute Gasteiger partial charge is 0.359 e. The fraction of sp³-hybridized carbons (Fsp3) is 0.500. The molecule has 22 heavy (non-hydrogen) atoms. The zero-order chi connectivity index (χ0) is 14.9. The molecule has 0 saturated heterocycles. The summed E-state index contributed by atoms with van der Waals surface area (Å²) in [7, 11) is 0. The van der Waals surface area contributed by atoms with Gasteiger partial charge in [0.15, 0.2) is 0 Å². The molecule has 1 saturated carbocycles. The predicted molar refractivity (Wildman–Crippen MR) is 90.8 cm³/mol. The number of halogens is 1. The average Bonchev–Trinajstić information content (AvgIpc) is 3.27. The van der Waals surface area contributed by atoms with E-state index in [1.807, 2.05) is 12.1 Å². The summed E-state index contributed by atoms with van der Waals surface area (Å²) < 4.78 is 0. The van der Waals surface area contributed by atoms with E-state index < -0.39 is 0 Å². The fourth-order valence-corrected chi connectivity index (χ4v) is 4.16. The third-order valence-electron chi connectivity index (χ3n) is 4.36. The van der Waals surface area contributed by atoms with E-state index in [0.717, 1.165) is 42.8 Å². The Hall–Kier alpha value is -1.17. The third kappa shape index (κ3) is 3.12. The van der Waals surface area contributed by atoms with Crippen molar-refractivity contribution in [2.75, 3.05) is 25.0 Å². The van der Waals surface area contributed by atoms with Crippen molar-refractivity contribution < 1.29 is 0 Å². The molecule has 0 spiro atoms. The van der Waals surface area contributed by atoms with Crippen LogP contribution in [0.15, 0.2) is 18.2 Å². The minimum atomic E-state index is 0.691. The van der Waals surface area contributed by atoms with Gasteiger partial charge in [0.2, 0.25) is 5.13 Å². The fourth-order valence-electron chi connectivity index (χ4n) is 2.93. The van der Waals surface area contributed by atoms with E-state index in [0.29, 0.717) is 5.92 Å². The van der Waals surface area contributed by atoms with Crippen LogP contribution >= 0.6 is 22.9 Å². The van der Waals surface area contributed by atoms with Gasteiger partial charge < -0.3 is 5.32 Å². The molecule has 0 amide bonds. The van der Waals surface area contributed by atoms with Crippen molar-refractivity contribution in [2.45, 2.75) is 31.7 Å². The minimum absolute atomic E-state index is 0.691. The molecule has 0 bridgehead atoms. The Morgan fingerprint density at radius 3 is 3.09 bits per heavy atom. The predicted octanol–water partition coefficient (Wildman–Crippen LogP) is 3.54. The second-order valence-electron chi connectivity index (χ2n) is 6.05. The first-order valence-electron chi connectivity index (χ1n) is 7.85. The molecule has 1 fully saturated rings. The van der Waals surface area contributed by atoms with Crippen molar-refractivity contribution in [1.82, 2.24) is 15.1 Å². The van der Waals surface area contributed by atoms with E-state index in [2.05, 4.69) is 26.5 Å². The Balaban J connectivity index is 1.29. The zero-order valence-electron chi connectivity index (χ0n) is 12.4. The lowest BCUT2D eigenvalue weighted by atomic mass is 10.00. The number of fused-ring (bicyclic) bond motifs is 1. The van der Waals surface area contributed by atoms with Gasteiger partial charge in [-0.2, -0.15) is 0 Å². The Morgan fingerprint density at radius 2 is 2.23 bits per heavy atom. The number of anilines is 1.